The summed E-state index contributed by atoms with van der Waals surface area (Å²) in [6, 6.07) is 0.417. The summed E-state index contributed by atoms with van der Waals surface area (Å²) in [5.41, 5.74) is 3.84. The molecule has 0 aromatic heterocycles. The third-order valence-corrected chi connectivity index (χ3v) is 1.16. The van der Waals surface area contributed by atoms with Crippen LogP contribution in [-0.4, -0.2) is 6.04 Å². The average molecular weight is 136 g/mol. The number of halogens is 1. The van der Waals surface area contributed by atoms with Crippen molar-refractivity contribution in [3.63, 3.8) is 0 Å². The Labute approximate surface area is 57.4 Å². The summed E-state index contributed by atoms with van der Waals surface area (Å²) in [7, 11) is 0. The zero-order valence-electron chi connectivity index (χ0n) is 5.52. The molecular weight excluding hydrogens is 122 g/mol. The summed E-state index contributed by atoms with van der Waals surface area (Å²) < 4.78 is 0. The fourth-order valence-corrected chi connectivity index (χ4v) is 0.272. The molecule has 0 aromatic rings. The third kappa shape index (κ3) is 4.16. The standard InChI is InChI=1S/C6H13N.ClH/c1-4-6(7)5(2)3;/h4-6H,1,7H2,2-3H3;1H/t6-;/m1./s1. The summed E-state index contributed by atoms with van der Waals surface area (Å²) in [4.78, 5) is 0. The van der Waals surface area contributed by atoms with Gasteiger partial charge in [-0.2, -0.15) is 0 Å². The maximum atomic E-state index is 3.84. The number of rotatable bonds is 2. The summed E-state index contributed by atoms with van der Waals surface area (Å²) in [6.07, 6.45) is 1.88. The average Bonchev–Trinajstić information content (AvgIpc) is 1.65. The topological polar surface area (TPSA) is 27.6 Å². The van der Waals surface area contributed by atoms with E-state index in [0.29, 0.717) is 12.0 Å². The maximum absolute atomic E-state index is 3.84. The monoisotopic (exact) mass is 135 g/mol. The highest BCUT2D eigenvalue weighted by atomic mass is 35.5. The molecule has 0 amide bonds. The van der Waals surface area contributed by atoms with Gasteiger partial charge in [-0.15, -0.1) is 0 Å². The second kappa shape index (κ2) is 5.13. The van der Waals surface area contributed by atoms with Gasteiger partial charge in [0.25, 0.3) is 0 Å². The van der Waals surface area contributed by atoms with Crippen LogP contribution in [0.25, 0.3) is 0 Å². The van der Waals surface area contributed by atoms with Crippen LogP contribution in [0.5, 0.6) is 0 Å². The Kier molecular flexibility index (Phi) is 6.98. The van der Waals surface area contributed by atoms with Crippen molar-refractivity contribution in [3.05, 3.63) is 12.7 Å². The lowest BCUT2D eigenvalue weighted by Crippen LogP contribution is -3.00. The molecule has 0 saturated carbocycles. The normalized spacial score (nSPS) is 12.5. The molecule has 1 nitrogen and oxygen atoms in total. The first kappa shape index (κ1) is 10.9. The Hall–Kier alpha value is -0.0100. The summed E-state index contributed by atoms with van der Waals surface area (Å²) in [5, 5.41) is 0. The molecule has 8 heavy (non-hydrogen) atoms. The van der Waals surface area contributed by atoms with Gasteiger partial charge in [0.05, 0.1) is 0 Å². The summed E-state index contributed by atoms with van der Waals surface area (Å²) >= 11 is 0. The lowest BCUT2D eigenvalue weighted by Gasteiger charge is -2.03. The smallest absolute Gasteiger partial charge is 0.105 e. The van der Waals surface area contributed by atoms with Crippen molar-refractivity contribution in [2.24, 2.45) is 5.92 Å². The highest BCUT2D eigenvalue weighted by Gasteiger charge is 2.03. The van der Waals surface area contributed by atoms with Crippen LogP contribution in [0.15, 0.2) is 12.7 Å². The predicted octanol–water partition coefficient (Wildman–Crippen LogP) is -2.56. The quantitative estimate of drug-likeness (QED) is 0.404. The van der Waals surface area contributed by atoms with Crippen molar-refractivity contribution >= 4 is 0 Å². The van der Waals surface area contributed by atoms with E-state index in [4.69, 9.17) is 0 Å². The van der Waals surface area contributed by atoms with Gasteiger partial charge in [-0.3, -0.25) is 0 Å². The molecule has 0 aliphatic carbocycles. The molecule has 0 heterocycles. The molecule has 0 aromatic carbocycles. The summed E-state index contributed by atoms with van der Waals surface area (Å²) in [5.74, 6) is 0.637. The van der Waals surface area contributed by atoms with Gasteiger partial charge in [0.2, 0.25) is 0 Å². The van der Waals surface area contributed by atoms with E-state index < -0.39 is 0 Å². The Morgan fingerprint density at radius 2 is 1.88 bits per heavy atom. The first-order valence-corrected chi connectivity index (χ1v) is 2.64. The lowest BCUT2D eigenvalue weighted by atomic mass is 10.1. The molecule has 0 fully saturated rings. The van der Waals surface area contributed by atoms with E-state index in [1.165, 1.54) is 0 Å². The zero-order valence-corrected chi connectivity index (χ0v) is 6.28. The van der Waals surface area contributed by atoms with E-state index in [2.05, 4.69) is 26.2 Å². The Morgan fingerprint density at radius 1 is 1.50 bits per heavy atom. The van der Waals surface area contributed by atoms with E-state index in [-0.39, 0.29) is 12.4 Å². The first-order chi connectivity index (χ1) is 3.18. The number of hydrogen-bond acceptors (Lipinski definition) is 0. The fraction of sp³-hybridized carbons (Fsp3) is 0.667. The molecule has 0 saturated heterocycles. The molecule has 3 N–H and O–H groups in total. The summed E-state index contributed by atoms with van der Waals surface area (Å²) in [6.45, 7) is 7.90. The van der Waals surface area contributed by atoms with Crippen molar-refractivity contribution in [1.29, 1.82) is 0 Å². The molecule has 1 atom stereocenters. The molecule has 0 unspecified atom stereocenters. The van der Waals surface area contributed by atoms with Crippen LogP contribution >= 0.6 is 0 Å². The molecule has 0 spiro atoms. The highest BCUT2D eigenvalue weighted by molar-refractivity contribution is 4.78. The van der Waals surface area contributed by atoms with Crippen molar-refractivity contribution in [2.45, 2.75) is 19.9 Å². The van der Waals surface area contributed by atoms with Gasteiger partial charge in [0, 0.05) is 5.92 Å². The minimum atomic E-state index is 0. The van der Waals surface area contributed by atoms with Crippen LogP contribution in [0.4, 0.5) is 0 Å². The van der Waals surface area contributed by atoms with Gasteiger partial charge in [-0.1, -0.05) is 20.4 Å². The van der Waals surface area contributed by atoms with E-state index in [1.807, 2.05) is 6.08 Å². The Morgan fingerprint density at radius 3 is 1.88 bits per heavy atom. The molecule has 0 radical (unpaired) electrons. The molecule has 0 aliphatic rings. The second-order valence-electron chi connectivity index (χ2n) is 2.14. The van der Waals surface area contributed by atoms with E-state index in [0.717, 1.165) is 0 Å². The van der Waals surface area contributed by atoms with Gasteiger partial charge in [-0.25, -0.2) is 0 Å². The van der Waals surface area contributed by atoms with Crippen LogP contribution in [0.1, 0.15) is 13.8 Å². The van der Waals surface area contributed by atoms with Gasteiger partial charge < -0.3 is 18.1 Å². The van der Waals surface area contributed by atoms with Crippen LogP contribution in [-0.2, 0) is 0 Å². The van der Waals surface area contributed by atoms with E-state index in [1.54, 1.807) is 0 Å². The number of quaternary nitrogens is 1. The SMILES string of the molecule is C=C[C@@H]([NH3+])C(C)C.[Cl-]. The van der Waals surface area contributed by atoms with Gasteiger partial charge >= 0.3 is 0 Å². The van der Waals surface area contributed by atoms with Crippen molar-refractivity contribution < 1.29 is 18.1 Å². The van der Waals surface area contributed by atoms with Crippen LogP contribution in [0.3, 0.4) is 0 Å². The van der Waals surface area contributed by atoms with Crippen molar-refractivity contribution in [1.82, 2.24) is 0 Å². The van der Waals surface area contributed by atoms with Crippen molar-refractivity contribution in [3.8, 4) is 0 Å². The first-order valence-electron chi connectivity index (χ1n) is 2.64. The van der Waals surface area contributed by atoms with Crippen LogP contribution < -0.4 is 18.1 Å². The van der Waals surface area contributed by atoms with E-state index in [9.17, 15) is 0 Å². The Balaban J connectivity index is 0. The predicted molar refractivity (Wildman–Crippen MR) is 31.7 cm³/mol. The second-order valence-corrected chi connectivity index (χ2v) is 2.14. The van der Waals surface area contributed by atoms with Crippen LogP contribution in [0, 0.1) is 5.92 Å². The van der Waals surface area contributed by atoms with Gasteiger partial charge in [0.1, 0.15) is 6.04 Å². The molecule has 2 heteroatoms. The highest BCUT2D eigenvalue weighted by Crippen LogP contribution is 1.94. The molecule has 0 aliphatic heterocycles. The minimum Gasteiger partial charge on any atom is -1.00 e. The zero-order chi connectivity index (χ0) is 5.86. The van der Waals surface area contributed by atoms with E-state index >= 15 is 0 Å². The van der Waals surface area contributed by atoms with Crippen LogP contribution in [0.2, 0.25) is 0 Å². The Bertz CT molecular complexity index is 61.5. The fourth-order valence-electron chi connectivity index (χ4n) is 0.272. The molecule has 0 bridgehead atoms. The largest absolute Gasteiger partial charge is 1.00 e. The molecular formula is C6H14ClN. The van der Waals surface area contributed by atoms with Gasteiger partial charge in [-0.05, 0) is 6.08 Å². The maximum Gasteiger partial charge on any atom is 0.105 e. The molecule has 0 rings (SSSR count). The minimum absolute atomic E-state index is 0. The van der Waals surface area contributed by atoms with Gasteiger partial charge in [0.15, 0.2) is 0 Å². The number of hydrogen-bond donors (Lipinski definition) is 1. The lowest BCUT2D eigenvalue weighted by molar-refractivity contribution is -0.413. The van der Waals surface area contributed by atoms with Crippen molar-refractivity contribution in [2.75, 3.05) is 0 Å². The molecule has 50 valence electrons. The third-order valence-electron chi connectivity index (χ3n) is 1.16.